The van der Waals surface area contributed by atoms with Gasteiger partial charge in [0, 0.05) is 20.3 Å². The Balaban J connectivity index is 1.68. The Morgan fingerprint density at radius 1 is 1.28 bits per heavy atom. The SMILES string of the molecule is Cc1ccc(C2CC(C(=O)NC(C(=O)O)c3ccccc3Cl)NN2)s1. The van der Waals surface area contributed by atoms with Crippen molar-refractivity contribution in [1.29, 1.82) is 0 Å². The summed E-state index contributed by atoms with van der Waals surface area (Å²) in [7, 11) is 0. The lowest BCUT2D eigenvalue weighted by Crippen LogP contribution is -2.46. The number of benzene rings is 1. The fourth-order valence-corrected chi connectivity index (χ4v) is 3.97. The summed E-state index contributed by atoms with van der Waals surface area (Å²) in [6.07, 6.45) is 0.542. The van der Waals surface area contributed by atoms with Gasteiger partial charge >= 0.3 is 5.97 Å². The molecule has 0 aliphatic carbocycles. The fourth-order valence-electron chi connectivity index (χ4n) is 2.78. The van der Waals surface area contributed by atoms with E-state index >= 15 is 0 Å². The third kappa shape index (κ3) is 4.01. The average Bonchev–Trinajstić information content (AvgIpc) is 3.22. The molecule has 3 rings (SSSR count). The molecule has 8 heteroatoms. The molecule has 1 amide bonds. The highest BCUT2D eigenvalue weighted by Gasteiger charge is 2.33. The first-order chi connectivity index (χ1) is 12.0. The molecule has 132 valence electrons. The van der Waals surface area contributed by atoms with Gasteiger partial charge in [-0.25, -0.2) is 15.6 Å². The van der Waals surface area contributed by atoms with Crippen LogP contribution in [-0.2, 0) is 9.59 Å². The van der Waals surface area contributed by atoms with Gasteiger partial charge in [0.1, 0.15) is 6.04 Å². The van der Waals surface area contributed by atoms with Crippen molar-refractivity contribution in [3.05, 3.63) is 56.7 Å². The zero-order valence-corrected chi connectivity index (χ0v) is 15.0. The zero-order chi connectivity index (χ0) is 18.0. The number of carboxylic acids is 1. The van der Waals surface area contributed by atoms with E-state index in [2.05, 4.69) is 16.2 Å². The number of aryl methyl sites for hydroxylation is 1. The normalized spacial score (nSPS) is 21.0. The van der Waals surface area contributed by atoms with E-state index in [9.17, 15) is 14.7 Å². The van der Waals surface area contributed by atoms with Crippen LogP contribution in [0.15, 0.2) is 36.4 Å². The van der Waals surface area contributed by atoms with Crippen molar-refractivity contribution in [1.82, 2.24) is 16.2 Å². The summed E-state index contributed by atoms with van der Waals surface area (Å²) in [5.74, 6) is -1.53. The summed E-state index contributed by atoms with van der Waals surface area (Å²) < 4.78 is 0. The Hall–Kier alpha value is -1.93. The molecule has 1 fully saturated rings. The Morgan fingerprint density at radius 3 is 2.68 bits per heavy atom. The van der Waals surface area contributed by atoms with Gasteiger partial charge in [-0.1, -0.05) is 29.8 Å². The van der Waals surface area contributed by atoms with E-state index in [0.29, 0.717) is 17.0 Å². The van der Waals surface area contributed by atoms with E-state index in [1.165, 1.54) is 4.88 Å². The molecule has 4 N–H and O–H groups in total. The molecular weight excluding hydrogens is 362 g/mol. The van der Waals surface area contributed by atoms with Crippen LogP contribution in [0.2, 0.25) is 5.02 Å². The predicted octanol–water partition coefficient (Wildman–Crippen LogP) is 2.56. The second kappa shape index (κ2) is 7.53. The van der Waals surface area contributed by atoms with Gasteiger partial charge in [-0.05, 0) is 31.5 Å². The van der Waals surface area contributed by atoms with Crippen LogP contribution >= 0.6 is 22.9 Å². The lowest BCUT2D eigenvalue weighted by Gasteiger charge is -2.18. The minimum atomic E-state index is -1.19. The summed E-state index contributed by atoms with van der Waals surface area (Å²) in [6.45, 7) is 2.03. The summed E-state index contributed by atoms with van der Waals surface area (Å²) in [5, 5.41) is 12.3. The molecule has 0 spiro atoms. The Bertz CT molecular complexity index is 795. The van der Waals surface area contributed by atoms with Crippen LogP contribution in [0.25, 0.3) is 0 Å². The first-order valence-corrected chi connectivity index (χ1v) is 9.00. The van der Waals surface area contributed by atoms with E-state index in [-0.39, 0.29) is 11.9 Å². The third-order valence-electron chi connectivity index (χ3n) is 4.07. The predicted molar refractivity (Wildman–Crippen MR) is 96.4 cm³/mol. The van der Waals surface area contributed by atoms with Crippen LogP contribution in [0, 0.1) is 6.92 Å². The molecule has 1 aliphatic rings. The molecule has 6 nitrogen and oxygen atoms in total. The highest BCUT2D eigenvalue weighted by Crippen LogP contribution is 2.29. The van der Waals surface area contributed by atoms with E-state index in [4.69, 9.17) is 11.6 Å². The highest BCUT2D eigenvalue weighted by molar-refractivity contribution is 7.12. The number of hydrogen-bond acceptors (Lipinski definition) is 5. The molecule has 0 radical (unpaired) electrons. The van der Waals surface area contributed by atoms with Crippen LogP contribution in [0.5, 0.6) is 0 Å². The van der Waals surface area contributed by atoms with Gasteiger partial charge < -0.3 is 10.4 Å². The Morgan fingerprint density at radius 2 is 2.04 bits per heavy atom. The highest BCUT2D eigenvalue weighted by atomic mass is 35.5. The molecular formula is C17H18ClN3O3S. The zero-order valence-electron chi connectivity index (χ0n) is 13.5. The maximum atomic E-state index is 12.5. The quantitative estimate of drug-likeness (QED) is 0.641. The number of rotatable bonds is 5. The second-order valence-electron chi connectivity index (χ2n) is 5.88. The minimum Gasteiger partial charge on any atom is -0.479 e. The van der Waals surface area contributed by atoms with Gasteiger partial charge in [0.2, 0.25) is 5.91 Å². The Labute approximate surface area is 154 Å². The van der Waals surface area contributed by atoms with Crippen molar-refractivity contribution in [2.75, 3.05) is 0 Å². The van der Waals surface area contributed by atoms with Crippen LogP contribution in [-0.4, -0.2) is 23.0 Å². The largest absolute Gasteiger partial charge is 0.479 e. The molecule has 0 saturated carbocycles. The first-order valence-electron chi connectivity index (χ1n) is 7.80. The number of hydrogen-bond donors (Lipinski definition) is 4. The topological polar surface area (TPSA) is 90.5 Å². The molecule has 1 aliphatic heterocycles. The summed E-state index contributed by atoms with van der Waals surface area (Å²) in [5.41, 5.74) is 6.40. The number of aliphatic carboxylic acids is 1. The second-order valence-corrected chi connectivity index (χ2v) is 7.61. The molecule has 3 atom stereocenters. The van der Waals surface area contributed by atoms with Crippen molar-refractivity contribution in [2.45, 2.75) is 31.5 Å². The lowest BCUT2D eigenvalue weighted by atomic mass is 10.0. The van der Waals surface area contributed by atoms with Crippen molar-refractivity contribution < 1.29 is 14.7 Å². The van der Waals surface area contributed by atoms with Gasteiger partial charge in [0.25, 0.3) is 0 Å². The number of carbonyl (C=O) groups is 2. The van der Waals surface area contributed by atoms with Gasteiger partial charge in [0.15, 0.2) is 6.04 Å². The maximum Gasteiger partial charge on any atom is 0.330 e. The number of hydrazine groups is 1. The average molecular weight is 380 g/mol. The molecule has 3 unspecified atom stereocenters. The van der Waals surface area contributed by atoms with E-state index in [1.807, 2.05) is 19.1 Å². The molecule has 25 heavy (non-hydrogen) atoms. The number of carboxylic acid groups (broad SMARTS) is 1. The number of nitrogens with one attached hydrogen (secondary N) is 3. The number of thiophene rings is 1. The van der Waals surface area contributed by atoms with Gasteiger partial charge in [-0.2, -0.15) is 0 Å². The van der Waals surface area contributed by atoms with Crippen molar-refractivity contribution in [3.8, 4) is 0 Å². The van der Waals surface area contributed by atoms with Crippen molar-refractivity contribution in [2.24, 2.45) is 0 Å². The first kappa shape index (κ1) is 17.9. The molecule has 1 aromatic carbocycles. The number of halogens is 1. The molecule has 1 saturated heterocycles. The van der Waals surface area contributed by atoms with Crippen LogP contribution in [0.4, 0.5) is 0 Å². The molecule has 1 aromatic heterocycles. The summed E-state index contributed by atoms with van der Waals surface area (Å²) in [4.78, 5) is 26.4. The molecule has 2 heterocycles. The molecule has 0 bridgehead atoms. The maximum absolute atomic E-state index is 12.5. The molecule has 2 aromatic rings. The fraction of sp³-hybridized carbons (Fsp3) is 0.294. The van der Waals surface area contributed by atoms with Crippen LogP contribution < -0.4 is 16.2 Å². The lowest BCUT2D eigenvalue weighted by molar-refractivity contribution is -0.142. The van der Waals surface area contributed by atoms with Gasteiger partial charge in [-0.3, -0.25) is 4.79 Å². The monoisotopic (exact) mass is 379 g/mol. The third-order valence-corrected chi connectivity index (χ3v) is 5.53. The Kier molecular flexibility index (Phi) is 5.39. The minimum absolute atomic E-state index is 0.0260. The van der Waals surface area contributed by atoms with Gasteiger partial charge in [0.05, 0.1) is 6.04 Å². The van der Waals surface area contributed by atoms with Crippen LogP contribution in [0.1, 0.15) is 33.8 Å². The number of amides is 1. The van der Waals surface area contributed by atoms with E-state index < -0.39 is 18.1 Å². The standard InChI is InChI=1S/C17H18ClN3O3S/c1-9-6-7-14(25-9)12-8-13(21-20-12)16(22)19-15(17(23)24)10-4-2-3-5-11(10)18/h2-7,12-13,15,20-21H,8H2,1H3,(H,19,22)(H,23,24). The van der Waals surface area contributed by atoms with Gasteiger partial charge in [-0.15, -0.1) is 11.3 Å². The smallest absolute Gasteiger partial charge is 0.330 e. The summed E-state index contributed by atoms with van der Waals surface area (Å²) in [6, 6.07) is 8.98. The van der Waals surface area contributed by atoms with Crippen LogP contribution in [0.3, 0.4) is 0 Å². The number of carbonyl (C=O) groups excluding carboxylic acids is 1. The van der Waals surface area contributed by atoms with Crippen molar-refractivity contribution in [3.63, 3.8) is 0 Å². The van der Waals surface area contributed by atoms with E-state index in [0.717, 1.165) is 4.88 Å². The van der Waals surface area contributed by atoms with E-state index in [1.54, 1.807) is 35.6 Å². The van der Waals surface area contributed by atoms with Crippen molar-refractivity contribution >= 4 is 34.8 Å². The summed E-state index contributed by atoms with van der Waals surface area (Å²) >= 11 is 7.74.